The number of carbonyl (C=O) groups is 1. The van der Waals surface area contributed by atoms with Crippen LogP contribution in [0.5, 0.6) is 0 Å². The average Bonchev–Trinajstić information content (AvgIpc) is 3.05. The predicted molar refractivity (Wildman–Crippen MR) is 94.6 cm³/mol. The summed E-state index contributed by atoms with van der Waals surface area (Å²) in [6.07, 6.45) is 0. The number of aromatic nitrogens is 2. The Bertz CT molecular complexity index is 1060. The molecule has 2 heterocycles. The van der Waals surface area contributed by atoms with E-state index in [0.29, 0.717) is 33.4 Å². The summed E-state index contributed by atoms with van der Waals surface area (Å²) in [6.45, 7) is 1.79. The van der Waals surface area contributed by atoms with E-state index in [1.165, 1.54) is 0 Å². The summed E-state index contributed by atoms with van der Waals surface area (Å²) in [5.41, 5.74) is 3.37. The van der Waals surface area contributed by atoms with Gasteiger partial charge in [0.25, 0.3) is 5.91 Å². The summed E-state index contributed by atoms with van der Waals surface area (Å²) in [5, 5.41) is 4.18. The molecular formula is C18H14ClN3O2. The predicted octanol–water partition coefficient (Wildman–Crippen LogP) is 4.53. The molecule has 0 radical (unpaired) electrons. The highest BCUT2D eigenvalue weighted by molar-refractivity contribution is 6.39. The molecule has 0 fully saturated rings. The number of nitrogens with zero attached hydrogens (tertiary/aromatic N) is 2. The van der Waals surface area contributed by atoms with Crippen molar-refractivity contribution >= 4 is 45.2 Å². The number of oxazole rings is 1. The average molecular weight is 340 g/mol. The number of hydrogen-bond donors (Lipinski definition) is 1. The van der Waals surface area contributed by atoms with Gasteiger partial charge in [0.2, 0.25) is 0 Å². The minimum Gasteiger partial charge on any atom is -0.441 e. The number of amides is 1. The monoisotopic (exact) mass is 339 g/mol. The summed E-state index contributed by atoms with van der Waals surface area (Å²) in [4.78, 5) is 17.0. The van der Waals surface area contributed by atoms with E-state index < -0.39 is 0 Å². The number of para-hydroxylation sites is 1. The molecule has 4 rings (SSSR count). The van der Waals surface area contributed by atoms with E-state index in [1.54, 1.807) is 29.7 Å². The molecule has 2 aromatic carbocycles. The zero-order chi connectivity index (χ0) is 16.8. The lowest BCUT2D eigenvalue weighted by atomic mass is 10.2. The Labute approximate surface area is 142 Å². The maximum atomic E-state index is 12.7. The summed E-state index contributed by atoms with van der Waals surface area (Å²) in [6, 6.07) is 13.0. The van der Waals surface area contributed by atoms with Crippen LogP contribution in [-0.4, -0.2) is 15.5 Å². The minimum atomic E-state index is -0.265. The van der Waals surface area contributed by atoms with Gasteiger partial charge < -0.3 is 14.3 Å². The number of rotatable bonds is 2. The van der Waals surface area contributed by atoms with Crippen LogP contribution in [0.4, 0.5) is 5.69 Å². The van der Waals surface area contributed by atoms with Crippen molar-refractivity contribution in [2.45, 2.75) is 6.92 Å². The second kappa shape index (κ2) is 5.39. The smallest absolute Gasteiger partial charge is 0.273 e. The van der Waals surface area contributed by atoms with Gasteiger partial charge in [0.15, 0.2) is 11.5 Å². The second-order valence-electron chi connectivity index (χ2n) is 5.61. The highest BCUT2D eigenvalue weighted by Gasteiger charge is 2.20. The third-order valence-corrected chi connectivity index (χ3v) is 4.40. The molecule has 6 heteroatoms. The molecule has 0 saturated heterocycles. The summed E-state index contributed by atoms with van der Waals surface area (Å²) >= 11 is 6.41. The number of anilines is 1. The van der Waals surface area contributed by atoms with Gasteiger partial charge in [-0.2, -0.15) is 0 Å². The van der Waals surface area contributed by atoms with Crippen LogP contribution >= 0.6 is 11.6 Å². The molecule has 24 heavy (non-hydrogen) atoms. The van der Waals surface area contributed by atoms with Crippen LogP contribution in [0.15, 0.2) is 46.9 Å². The van der Waals surface area contributed by atoms with Crippen molar-refractivity contribution in [3.63, 3.8) is 0 Å². The molecule has 2 aromatic heterocycles. The molecule has 0 atom stereocenters. The Morgan fingerprint density at radius 1 is 1.25 bits per heavy atom. The van der Waals surface area contributed by atoms with Crippen molar-refractivity contribution in [2.75, 3.05) is 5.32 Å². The Kier molecular flexibility index (Phi) is 3.32. The fourth-order valence-electron chi connectivity index (χ4n) is 2.91. The number of hydrogen-bond acceptors (Lipinski definition) is 3. The van der Waals surface area contributed by atoms with Gasteiger partial charge in [-0.1, -0.05) is 29.8 Å². The molecule has 0 aliphatic carbocycles. The zero-order valence-corrected chi connectivity index (χ0v) is 13.9. The molecule has 4 aromatic rings. The highest BCUT2D eigenvalue weighted by atomic mass is 35.5. The first-order valence-electron chi connectivity index (χ1n) is 7.46. The normalized spacial score (nSPS) is 11.3. The van der Waals surface area contributed by atoms with Crippen LogP contribution in [0.25, 0.3) is 22.0 Å². The molecular weight excluding hydrogens is 326 g/mol. The fraction of sp³-hybridized carbons (Fsp3) is 0.111. The summed E-state index contributed by atoms with van der Waals surface area (Å²) in [7, 11) is 1.83. The molecule has 0 bridgehead atoms. The molecule has 120 valence electrons. The number of halogens is 1. The lowest BCUT2D eigenvalue weighted by Gasteiger charge is -2.07. The van der Waals surface area contributed by atoms with Crippen LogP contribution < -0.4 is 5.32 Å². The molecule has 1 N–H and O–H groups in total. The third kappa shape index (κ3) is 2.25. The molecule has 1 amide bonds. The molecule has 0 saturated carbocycles. The maximum absolute atomic E-state index is 12.7. The minimum absolute atomic E-state index is 0.265. The van der Waals surface area contributed by atoms with E-state index in [0.717, 1.165) is 10.9 Å². The third-order valence-electron chi connectivity index (χ3n) is 4.01. The van der Waals surface area contributed by atoms with Crippen LogP contribution in [-0.2, 0) is 7.05 Å². The summed E-state index contributed by atoms with van der Waals surface area (Å²) in [5.74, 6) is 0.323. The summed E-state index contributed by atoms with van der Waals surface area (Å²) < 4.78 is 7.24. The highest BCUT2D eigenvalue weighted by Crippen LogP contribution is 2.30. The van der Waals surface area contributed by atoms with Crippen molar-refractivity contribution in [1.82, 2.24) is 9.55 Å². The van der Waals surface area contributed by atoms with Gasteiger partial charge in [-0.25, -0.2) is 4.98 Å². The topological polar surface area (TPSA) is 60.1 Å². The number of aryl methyl sites for hydroxylation is 2. The van der Waals surface area contributed by atoms with Crippen LogP contribution in [0.1, 0.15) is 16.4 Å². The van der Waals surface area contributed by atoms with Crippen LogP contribution in [0.3, 0.4) is 0 Å². The van der Waals surface area contributed by atoms with E-state index in [9.17, 15) is 4.79 Å². The first-order valence-corrected chi connectivity index (χ1v) is 7.84. The van der Waals surface area contributed by atoms with Gasteiger partial charge in [-0.15, -0.1) is 0 Å². The number of benzene rings is 2. The quantitative estimate of drug-likeness (QED) is 0.583. The van der Waals surface area contributed by atoms with Gasteiger partial charge >= 0.3 is 0 Å². The van der Waals surface area contributed by atoms with E-state index in [4.69, 9.17) is 16.0 Å². The van der Waals surface area contributed by atoms with E-state index in [1.807, 2.05) is 31.3 Å². The number of fused-ring (bicyclic) bond motifs is 2. The van der Waals surface area contributed by atoms with E-state index in [-0.39, 0.29) is 5.91 Å². The largest absolute Gasteiger partial charge is 0.441 e. The Balaban J connectivity index is 1.73. The second-order valence-corrected chi connectivity index (χ2v) is 5.99. The van der Waals surface area contributed by atoms with Gasteiger partial charge in [-0.3, -0.25) is 4.79 Å². The van der Waals surface area contributed by atoms with Crippen molar-refractivity contribution in [2.24, 2.45) is 7.05 Å². The molecule has 0 aliphatic rings. The SMILES string of the molecule is Cc1nc2cc(NC(=O)c3c(Cl)c4ccccc4n3C)ccc2o1. The first-order chi connectivity index (χ1) is 11.5. The van der Waals surface area contributed by atoms with Gasteiger partial charge in [0.1, 0.15) is 11.2 Å². The Hall–Kier alpha value is -2.79. The molecule has 0 aliphatic heterocycles. The van der Waals surface area contributed by atoms with Crippen molar-refractivity contribution in [3.05, 3.63) is 59.1 Å². The Morgan fingerprint density at radius 3 is 2.83 bits per heavy atom. The van der Waals surface area contributed by atoms with Crippen molar-refractivity contribution in [1.29, 1.82) is 0 Å². The van der Waals surface area contributed by atoms with Crippen LogP contribution in [0.2, 0.25) is 5.02 Å². The van der Waals surface area contributed by atoms with E-state index >= 15 is 0 Å². The van der Waals surface area contributed by atoms with Crippen LogP contribution in [0, 0.1) is 6.92 Å². The van der Waals surface area contributed by atoms with Gasteiger partial charge in [0.05, 0.1) is 5.02 Å². The molecule has 0 spiro atoms. The maximum Gasteiger partial charge on any atom is 0.273 e. The fourth-order valence-corrected chi connectivity index (χ4v) is 3.28. The zero-order valence-electron chi connectivity index (χ0n) is 13.1. The van der Waals surface area contributed by atoms with Crippen molar-refractivity contribution < 1.29 is 9.21 Å². The Morgan fingerprint density at radius 2 is 2.04 bits per heavy atom. The molecule has 0 unspecified atom stereocenters. The first kappa shape index (κ1) is 14.8. The standard InChI is InChI=1S/C18H14ClN3O2/c1-10-20-13-9-11(7-8-15(13)24-10)21-18(23)17-16(19)12-5-3-4-6-14(12)22(17)2/h3-9H,1-2H3,(H,21,23). The van der Waals surface area contributed by atoms with E-state index in [2.05, 4.69) is 10.3 Å². The number of carbonyl (C=O) groups excluding carboxylic acids is 1. The van der Waals surface area contributed by atoms with Gasteiger partial charge in [0, 0.05) is 30.6 Å². The lowest BCUT2D eigenvalue weighted by molar-refractivity contribution is 0.102. The van der Waals surface area contributed by atoms with Crippen molar-refractivity contribution in [3.8, 4) is 0 Å². The van der Waals surface area contributed by atoms with Gasteiger partial charge in [-0.05, 0) is 24.3 Å². The molecule has 5 nitrogen and oxygen atoms in total. The lowest BCUT2D eigenvalue weighted by Crippen LogP contribution is -2.16. The number of nitrogens with one attached hydrogen (secondary N) is 1.